The summed E-state index contributed by atoms with van der Waals surface area (Å²) in [5, 5.41) is 19.1. The molecule has 5 N–H and O–H groups in total. The minimum absolute atomic E-state index is 0.0487. The van der Waals surface area contributed by atoms with E-state index in [4.69, 9.17) is 5.73 Å². The first kappa shape index (κ1) is 11.2. The van der Waals surface area contributed by atoms with Gasteiger partial charge in [0.2, 0.25) is 5.95 Å². The van der Waals surface area contributed by atoms with Crippen LogP contribution in [0.15, 0.2) is 11.1 Å². The van der Waals surface area contributed by atoms with E-state index >= 15 is 0 Å². The summed E-state index contributed by atoms with van der Waals surface area (Å²) in [4.78, 5) is 22.9. The van der Waals surface area contributed by atoms with Gasteiger partial charge in [0.15, 0.2) is 17.5 Å². The molecule has 0 amide bonds. The van der Waals surface area contributed by atoms with Crippen LogP contribution in [0.1, 0.15) is 19.3 Å². The number of nitrogens with zero attached hydrogens (tertiary/aromatic N) is 3. The molecule has 3 rings (SSSR count). The van der Waals surface area contributed by atoms with Crippen molar-refractivity contribution in [3.63, 3.8) is 0 Å². The van der Waals surface area contributed by atoms with E-state index in [0.717, 1.165) is 6.42 Å². The third kappa shape index (κ3) is 1.24. The molecule has 1 aliphatic carbocycles. The first-order chi connectivity index (χ1) is 8.56. The van der Waals surface area contributed by atoms with Gasteiger partial charge in [0.05, 0.1) is 6.33 Å². The van der Waals surface area contributed by atoms with Gasteiger partial charge >= 0.3 is 0 Å². The van der Waals surface area contributed by atoms with E-state index in [1.165, 1.54) is 10.9 Å². The summed E-state index contributed by atoms with van der Waals surface area (Å²) in [6, 6.07) is 0. The van der Waals surface area contributed by atoms with Gasteiger partial charge in [-0.1, -0.05) is 0 Å². The van der Waals surface area contributed by atoms with Crippen molar-refractivity contribution in [2.75, 3.05) is 5.73 Å². The molecule has 0 aliphatic heterocycles. The SMILES string of the molecule is Nc1nc2nc[nH]c2c(=O)n1C1(C(O)O)CCC1. The minimum Gasteiger partial charge on any atom is -0.369 e. The number of aliphatic hydroxyl groups is 2. The topological polar surface area (TPSA) is 130 Å². The number of rotatable bonds is 2. The molecule has 0 bridgehead atoms. The van der Waals surface area contributed by atoms with Gasteiger partial charge in [0.25, 0.3) is 5.56 Å². The Morgan fingerprint density at radius 3 is 2.78 bits per heavy atom. The third-order valence-electron chi connectivity index (χ3n) is 3.63. The van der Waals surface area contributed by atoms with Crippen molar-refractivity contribution >= 4 is 17.1 Å². The molecule has 96 valence electrons. The zero-order valence-corrected chi connectivity index (χ0v) is 9.50. The number of aliphatic hydroxyl groups excluding tert-OH is 1. The van der Waals surface area contributed by atoms with Crippen molar-refractivity contribution < 1.29 is 10.2 Å². The molecule has 18 heavy (non-hydrogen) atoms. The molecule has 0 unspecified atom stereocenters. The number of H-pyrrole nitrogens is 1. The Morgan fingerprint density at radius 1 is 1.50 bits per heavy atom. The van der Waals surface area contributed by atoms with Crippen LogP contribution in [0.2, 0.25) is 0 Å². The summed E-state index contributed by atoms with van der Waals surface area (Å²) in [5.74, 6) is -0.0487. The van der Waals surface area contributed by atoms with Gasteiger partial charge < -0.3 is 20.9 Å². The van der Waals surface area contributed by atoms with Crippen molar-refractivity contribution in [1.82, 2.24) is 19.5 Å². The molecule has 0 radical (unpaired) electrons. The molecule has 1 aliphatic rings. The van der Waals surface area contributed by atoms with E-state index < -0.39 is 17.4 Å². The highest BCUT2D eigenvalue weighted by atomic mass is 16.5. The van der Waals surface area contributed by atoms with E-state index in [9.17, 15) is 15.0 Å². The molecule has 2 heterocycles. The number of hydrogen-bond acceptors (Lipinski definition) is 6. The van der Waals surface area contributed by atoms with E-state index in [0.29, 0.717) is 12.8 Å². The van der Waals surface area contributed by atoms with Crippen molar-refractivity contribution in [3.05, 3.63) is 16.7 Å². The normalized spacial score (nSPS) is 18.2. The lowest BCUT2D eigenvalue weighted by Crippen LogP contribution is -2.55. The first-order valence-corrected chi connectivity index (χ1v) is 5.64. The Morgan fingerprint density at radius 2 is 2.22 bits per heavy atom. The second-order valence-electron chi connectivity index (χ2n) is 4.54. The van der Waals surface area contributed by atoms with Gasteiger partial charge in [-0.15, -0.1) is 0 Å². The Labute approximate surface area is 101 Å². The predicted molar refractivity (Wildman–Crippen MR) is 62.6 cm³/mol. The third-order valence-corrected chi connectivity index (χ3v) is 3.63. The maximum Gasteiger partial charge on any atom is 0.281 e. The van der Waals surface area contributed by atoms with Crippen LogP contribution in [0.25, 0.3) is 11.2 Å². The van der Waals surface area contributed by atoms with Crippen LogP contribution in [0, 0.1) is 0 Å². The fraction of sp³-hybridized carbons (Fsp3) is 0.500. The highest BCUT2D eigenvalue weighted by molar-refractivity contribution is 5.69. The summed E-state index contributed by atoms with van der Waals surface area (Å²) in [5.41, 5.74) is 4.72. The molecule has 0 atom stereocenters. The molecule has 1 saturated carbocycles. The number of hydrogen-bond donors (Lipinski definition) is 4. The van der Waals surface area contributed by atoms with Crippen molar-refractivity contribution in [2.24, 2.45) is 0 Å². The minimum atomic E-state index is -1.64. The quantitative estimate of drug-likeness (QED) is 0.501. The zero-order chi connectivity index (χ0) is 12.9. The predicted octanol–water partition coefficient (Wildman–Crippen LogP) is -1.11. The summed E-state index contributed by atoms with van der Waals surface area (Å²) in [6.45, 7) is 0. The number of aromatic nitrogens is 4. The number of imidazole rings is 1. The van der Waals surface area contributed by atoms with Gasteiger partial charge in [0.1, 0.15) is 5.54 Å². The summed E-state index contributed by atoms with van der Waals surface area (Å²) in [7, 11) is 0. The summed E-state index contributed by atoms with van der Waals surface area (Å²) >= 11 is 0. The maximum absolute atomic E-state index is 12.3. The fourth-order valence-corrected chi connectivity index (χ4v) is 2.47. The number of aromatic amines is 1. The zero-order valence-electron chi connectivity index (χ0n) is 9.50. The van der Waals surface area contributed by atoms with E-state index in [1.807, 2.05) is 0 Å². The lowest BCUT2D eigenvalue weighted by molar-refractivity contribution is -0.157. The molecule has 0 saturated heterocycles. The van der Waals surface area contributed by atoms with Crippen LogP contribution in [0.4, 0.5) is 5.95 Å². The smallest absolute Gasteiger partial charge is 0.281 e. The molecule has 8 heteroatoms. The molecular weight excluding hydrogens is 238 g/mol. The van der Waals surface area contributed by atoms with Crippen LogP contribution in [0.3, 0.4) is 0 Å². The number of anilines is 1. The lowest BCUT2D eigenvalue weighted by Gasteiger charge is -2.44. The van der Waals surface area contributed by atoms with Crippen molar-refractivity contribution in [3.8, 4) is 0 Å². The van der Waals surface area contributed by atoms with E-state index in [2.05, 4.69) is 15.0 Å². The monoisotopic (exact) mass is 251 g/mol. The van der Waals surface area contributed by atoms with E-state index in [-0.39, 0.29) is 17.1 Å². The molecule has 2 aromatic heterocycles. The Bertz CT molecular complexity index is 655. The maximum atomic E-state index is 12.3. The fourth-order valence-electron chi connectivity index (χ4n) is 2.47. The Hall–Kier alpha value is -1.93. The Balaban J connectivity index is 2.31. The van der Waals surface area contributed by atoms with Gasteiger partial charge in [-0.3, -0.25) is 9.36 Å². The largest absolute Gasteiger partial charge is 0.369 e. The number of nitrogens with one attached hydrogen (secondary N) is 1. The van der Waals surface area contributed by atoms with Crippen molar-refractivity contribution in [2.45, 2.75) is 31.1 Å². The van der Waals surface area contributed by atoms with Crippen LogP contribution in [-0.2, 0) is 5.54 Å². The van der Waals surface area contributed by atoms with Gasteiger partial charge in [0, 0.05) is 0 Å². The van der Waals surface area contributed by atoms with E-state index in [1.54, 1.807) is 0 Å². The van der Waals surface area contributed by atoms with Crippen LogP contribution in [0.5, 0.6) is 0 Å². The van der Waals surface area contributed by atoms with Crippen LogP contribution in [-0.4, -0.2) is 36.0 Å². The molecular formula is C10H13N5O3. The molecule has 0 aromatic carbocycles. The van der Waals surface area contributed by atoms with Crippen LogP contribution < -0.4 is 11.3 Å². The second kappa shape index (κ2) is 3.53. The second-order valence-corrected chi connectivity index (χ2v) is 4.54. The highest BCUT2D eigenvalue weighted by Crippen LogP contribution is 2.41. The number of fused-ring (bicyclic) bond motifs is 1. The molecule has 1 fully saturated rings. The lowest BCUT2D eigenvalue weighted by atomic mass is 9.75. The van der Waals surface area contributed by atoms with Crippen molar-refractivity contribution in [1.29, 1.82) is 0 Å². The molecule has 2 aromatic rings. The van der Waals surface area contributed by atoms with Crippen LogP contribution >= 0.6 is 0 Å². The van der Waals surface area contributed by atoms with Gasteiger partial charge in [-0.25, -0.2) is 4.98 Å². The number of nitrogen functional groups attached to an aromatic ring is 1. The van der Waals surface area contributed by atoms with Gasteiger partial charge in [-0.2, -0.15) is 4.98 Å². The molecule has 8 nitrogen and oxygen atoms in total. The Kier molecular flexibility index (Phi) is 2.19. The van der Waals surface area contributed by atoms with Gasteiger partial charge in [-0.05, 0) is 19.3 Å². The standard InChI is InChI=1S/C10H13N5O3/c11-9-14-6-5(12-4-13-6)7(16)15(9)10(8(17)18)2-1-3-10/h4,8,17-18H,1-3H2,(H2,11,14)(H,12,13). The first-order valence-electron chi connectivity index (χ1n) is 5.64. The average Bonchev–Trinajstić information content (AvgIpc) is 2.68. The average molecular weight is 251 g/mol. The summed E-state index contributed by atoms with van der Waals surface area (Å²) in [6.07, 6.45) is 1.48. The number of nitrogens with two attached hydrogens (primary N) is 1. The summed E-state index contributed by atoms with van der Waals surface area (Å²) < 4.78 is 1.17. The highest BCUT2D eigenvalue weighted by Gasteiger charge is 2.47. The molecule has 0 spiro atoms.